The fourth-order valence-electron chi connectivity index (χ4n) is 3.44. The van der Waals surface area contributed by atoms with Gasteiger partial charge in [-0.25, -0.2) is 8.78 Å². The van der Waals surface area contributed by atoms with E-state index in [0.29, 0.717) is 25.1 Å². The Morgan fingerprint density at radius 3 is 2.90 bits per heavy atom. The molecule has 1 aromatic heterocycles. The Labute approximate surface area is 114 Å². The summed E-state index contributed by atoms with van der Waals surface area (Å²) in [5.41, 5.74) is 1.50. The molecule has 0 radical (unpaired) electrons. The van der Waals surface area contributed by atoms with E-state index in [1.165, 1.54) is 4.90 Å². The second-order valence-corrected chi connectivity index (χ2v) is 6.10. The van der Waals surface area contributed by atoms with Crippen molar-refractivity contribution in [3.8, 4) is 0 Å². The van der Waals surface area contributed by atoms with Gasteiger partial charge in [-0.2, -0.15) is 5.10 Å². The lowest BCUT2D eigenvalue weighted by atomic mass is 10.1. The predicted octanol–water partition coefficient (Wildman–Crippen LogP) is 1.07. The van der Waals surface area contributed by atoms with Gasteiger partial charge in [0, 0.05) is 42.7 Å². The van der Waals surface area contributed by atoms with Crippen molar-refractivity contribution in [1.29, 1.82) is 0 Å². The third kappa shape index (κ3) is 1.69. The highest BCUT2D eigenvalue weighted by Crippen LogP contribution is 2.54. The van der Waals surface area contributed by atoms with Gasteiger partial charge in [-0.3, -0.25) is 9.89 Å². The van der Waals surface area contributed by atoms with Gasteiger partial charge in [0.15, 0.2) is 5.69 Å². The molecule has 1 amide bonds. The predicted molar refractivity (Wildman–Crippen MR) is 66.6 cm³/mol. The molecule has 20 heavy (non-hydrogen) atoms. The zero-order valence-corrected chi connectivity index (χ0v) is 11.0. The first kappa shape index (κ1) is 12.3. The van der Waals surface area contributed by atoms with Crippen molar-refractivity contribution >= 4 is 5.91 Å². The second-order valence-electron chi connectivity index (χ2n) is 6.10. The van der Waals surface area contributed by atoms with Gasteiger partial charge in [-0.05, 0) is 12.8 Å². The van der Waals surface area contributed by atoms with Crippen LogP contribution >= 0.6 is 0 Å². The Morgan fingerprint density at radius 2 is 2.15 bits per heavy atom. The molecule has 0 unspecified atom stereocenters. The minimum absolute atomic E-state index is 0.198. The number of H-pyrrole nitrogens is 1. The summed E-state index contributed by atoms with van der Waals surface area (Å²) in [7, 11) is 0. The van der Waals surface area contributed by atoms with E-state index in [1.54, 1.807) is 0 Å². The molecule has 0 aromatic carbocycles. The van der Waals surface area contributed by atoms with E-state index >= 15 is 0 Å². The Bertz CT molecular complexity index is 579. The standard InChI is InChI=1S/C13H16F2N4O/c14-13(15)6-12(2-3-12)19(7-13)11(20)10-8-5-16-4-1-9(8)17-18-10/h16H,1-7H2,(H,17,18). The smallest absolute Gasteiger partial charge is 0.275 e. The summed E-state index contributed by atoms with van der Waals surface area (Å²) in [6.45, 7) is 0.944. The van der Waals surface area contributed by atoms with Gasteiger partial charge in [-0.15, -0.1) is 0 Å². The summed E-state index contributed by atoms with van der Waals surface area (Å²) >= 11 is 0. The summed E-state index contributed by atoms with van der Waals surface area (Å²) < 4.78 is 27.3. The first-order valence-corrected chi connectivity index (χ1v) is 6.97. The highest BCUT2D eigenvalue weighted by molar-refractivity contribution is 5.95. The lowest BCUT2D eigenvalue weighted by molar-refractivity contribution is 0.0116. The molecule has 5 nitrogen and oxygen atoms in total. The van der Waals surface area contributed by atoms with Crippen molar-refractivity contribution in [2.75, 3.05) is 13.1 Å². The normalized spacial score (nSPS) is 25.8. The number of alkyl halides is 2. The van der Waals surface area contributed by atoms with Crippen LogP contribution in [0.25, 0.3) is 0 Å². The number of carbonyl (C=O) groups excluding carboxylic acids is 1. The topological polar surface area (TPSA) is 61.0 Å². The van der Waals surface area contributed by atoms with Crippen molar-refractivity contribution in [3.63, 3.8) is 0 Å². The van der Waals surface area contributed by atoms with E-state index in [2.05, 4.69) is 15.5 Å². The van der Waals surface area contributed by atoms with Crippen molar-refractivity contribution in [1.82, 2.24) is 20.4 Å². The first-order chi connectivity index (χ1) is 9.51. The van der Waals surface area contributed by atoms with Crippen LogP contribution in [0.15, 0.2) is 0 Å². The van der Waals surface area contributed by atoms with Crippen LogP contribution in [0.1, 0.15) is 41.0 Å². The van der Waals surface area contributed by atoms with E-state index in [9.17, 15) is 13.6 Å². The third-order valence-electron chi connectivity index (χ3n) is 4.63. The van der Waals surface area contributed by atoms with Gasteiger partial charge in [-0.1, -0.05) is 0 Å². The number of likely N-dealkylation sites (tertiary alicyclic amines) is 1. The molecule has 1 aliphatic carbocycles. The van der Waals surface area contributed by atoms with Gasteiger partial charge in [0.2, 0.25) is 0 Å². The zero-order chi connectivity index (χ0) is 14.0. The lowest BCUT2D eigenvalue weighted by Gasteiger charge is -2.23. The molecular formula is C13H16F2N4O. The van der Waals surface area contributed by atoms with Crippen LogP contribution in [-0.4, -0.2) is 45.6 Å². The molecule has 1 aromatic rings. The molecule has 7 heteroatoms. The van der Waals surface area contributed by atoms with E-state index in [0.717, 1.165) is 24.2 Å². The Balaban J connectivity index is 1.66. The molecule has 1 saturated carbocycles. The highest BCUT2D eigenvalue weighted by Gasteiger charge is 2.63. The SMILES string of the molecule is O=C(c1n[nH]c2c1CNCC2)N1CC(F)(F)CC12CC2. The number of rotatable bonds is 1. The van der Waals surface area contributed by atoms with Crippen molar-refractivity contribution < 1.29 is 13.6 Å². The quantitative estimate of drug-likeness (QED) is 0.810. The molecule has 108 valence electrons. The summed E-state index contributed by atoms with van der Waals surface area (Å²) in [4.78, 5) is 14.0. The number of nitrogens with one attached hydrogen (secondary N) is 2. The molecule has 2 N–H and O–H groups in total. The number of nitrogens with zero attached hydrogens (tertiary/aromatic N) is 2. The van der Waals surface area contributed by atoms with Gasteiger partial charge in [0.25, 0.3) is 11.8 Å². The Kier molecular flexibility index (Phi) is 2.32. The van der Waals surface area contributed by atoms with E-state index in [1.807, 2.05) is 0 Å². The van der Waals surface area contributed by atoms with Gasteiger partial charge in [0.1, 0.15) is 0 Å². The van der Waals surface area contributed by atoms with Gasteiger partial charge < -0.3 is 10.2 Å². The maximum Gasteiger partial charge on any atom is 0.275 e. The number of hydrogen-bond acceptors (Lipinski definition) is 3. The number of hydrogen-bond donors (Lipinski definition) is 2. The van der Waals surface area contributed by atoms with E-state index in [4.69, 9.17) is 0 Å². The zero-order valence-electron chi connectivity index (χ0n) is 11.0. The first-order valence-electron chi connectivity index (χ1n) is 6.97. The summed E-state index contributed by atoms with van der Waals surface area (Å²) in [5, 5.41) is 10.1. The molecule has 0 bridgehead atoms. The molecule has 1 saturated heterocycles. The Morgan fingerprint density at radius 1 is 1.35 bits per heavy atom. The van der Waals surface area contributed by atoms with Crippen LogP contribution in [0.5, 0.6) is 0 Å². The van der Waals surface area contributed by atoms with Crippen molar-refractivity contribution in [2.24, 2.45) is 0 Å². The summed E-state index contributed by atoms with van der Waals surface area (Å²) in [5.74, 6) is -3.11. The van der Waals surface area contributed by atoms with Gasteiger partial charge in [0.05, 0.1) is 6.54 Å². The third-order valence-corrected chi connectivity index (χ3v) is 4.63. The van der Waals surface area contributed by atoms with Crippen molar-refractivity contribution in [2.45, 2.75) is 43.7 Å². The molecule has 2 fully saturated rings. The molecule has 1 spiro atoms. The maximum absolute atomic E-state index is 13.6. The molecule has 0 atom stereocenters. The van der Waals surface area contributed by atoms with Crippen LogP contribution in [0.4, 0.5) is 8.78 Å². The highest BCUT2D eigenvalue weighted by atomic mass is 19.3. The minimum atomic E-state index is -2.76. The molecule has 2 aliphatic heterocycles. The number of aromatic amines is 1. The average molecular weight is 282 g/mol. The van der Waals surface area contributed by atoms with Crippen LogP contribution < -0.4 is 5.32 Å². The van der Waals surface area contributed by atoms with E-state index < -0.39 is 18.0 Å². The summed E-state index contributed by atoms with van der Waals surface area (Å²) in [6.07, 6.45) is 1.95. The van der Waals surface area contributed by atoms with E-state index in [-0.39, 0.29) is 12.3 Å². The fraction of sp³-hybridized carbons (Fsp3) is 0.692. The lowest BCUT2D eigenvalue weighted by Crippen LogP contribution is -2.39. The number of halogens is 2. The van der Waals surface area contributed by atoms with Crippen LogP contribution in [0.3, 0.4) is 0 Å². The maximum atomic E-state index is 13.6. The van der Waals surface area contributed by atoms with Gasteiger partial charge >= 0.3 is 0 Å². The number of aromatic nitrogens is 2. The number of fused-ring (bicyclic) bond motifs is 1. The number of carbonyl (C=O) groups is 1. The molecule has 3 heterocycles. The van der Waals surface area contributed by atoms with Crippen LogP contribution in [0.2, 0.25) is 0 Å². The summed E-state index contributed by atoms with van der Waals surface area (Å²) in [6, 6.07) is 0. The molecule has 3 aliphatic rings. The van der Waals surface area contributed by atoms with Crippen LogP contribution in [-0.2, 0) is 13.0 Å². The number of amides is 1. The molecule has 4 rings (SSSR count). The average Bonchev–Trinajstić information content (AvgIpc) is 2.95. The monoisotopic (exact) mass is 282 g/mol. The fourth-order valence-corrected chi connectivity index (χ4v) is 3.44. The van der Waals surface area contributed by atoms with Crippen LogP contribution in [0, 0.1) is 0 Å². The largest absolute Gasteiger partial charge is 0.325 e. The Hall–Kier alpha value is -1.50. The minimum Gasteiger partial charge on any atom is -0.325 e. The molecular weight excluding hydrogens is 266 g/mol. The van der Waals surface area contributed by atoms with Crippen molar-refractivity contribution in [3.05, 3.63) is 17.0 Å². The second kappa shape index (κ2) is 3.78.